The van der Waals surface area contributed by atoms with E-state index in [0.717, 1.165) is 24.9 Å². The highest BCUT2D eigenvalue weighted by atomic mass is 16.6. The summed E-state index contributed by atoms with van der Waals surface area (Å²) in [6, 6.07) is 9.83. The first kappa shape index (κ1) is 12.9. The average Bonchev–Trinajstić information content (AvgIpc) is 2.88. The van der Waals surface area contributed by atoms with Crippen LogP contribution in [0.5, 0.6) is 0 Å². The molecule has 2 N–H and O–H groups in total. The Morgan fingerprint density at radius 2 is 2.22 bits per heavy atom. The van der Waals surface area contributed by atoms with Gasteiger partial charge in [-0.15, -0.1) is 0 Å². The number of hydrogen-bond donors (Lipinski definition) is 1. The van der Waals surface area contributed by atoms with Crippen molar-refractivity contribution in [2.24, 2.45) is 5.73 Å². The largest absolute Gasteiger partial charge is 0.450 e. The van der Waals surface area contributed by atoms with Crippen molar-refractivity contribution in [3.05, 3.63) is 35.9 Å². The van der Waals surface area contributed by atoms with Gasteiger partial charge in [-0.1, -0.05) is 30.3 Å². The molecule has 1 amide bonds. The van der Waals surface area contributed by atoms with Gasteiger partial charge in [-0.05, 0) is 25.3 Å². The number of carbonyl (C=O) groups is 1. The van der Waals surface area contributed by atoms with Gasteiger partial charge in [0.25, 0.3) is 0 Å². The summed E-state index contributed by atoms with van der Waals surface area (Å²) in [5.74, 6) is 0. The standard InChI is InChI=1S/C14H20N2O2/c1-2-18-14(17)16-10-6-9-12(16)13(15)11-7-4-3-5-8-11/h3-5,7-8,12-13H,2,6,9-10,15H2,1H3/t12-,13?/m0/s1. The van der Waals surface area contributed by atoms with Crippen LogP contribution in [0.1, 0.15) is 31.4 Å². The molecule has 98 valence electrons. The highest BCUT2D eigenvalue weighted by molar-refractivity contribution is 5.68. The zero-order valence-electron chi connectivity index (χ0n) is 10.7. The first-order valence-electron chi connectivity index (χ1n) is 6.48. The lowest BCUT2D eigenvalue weighted by Gasteiger charge is -2.28. The highest BCUT2D eigenvalue weighted by Crippen LogP contribution is 2.28. The Morgan fingerprint density at radius 1 is 1.50 bits per heavy atom. The van der Waals surface area contributed by atoms with E-state index in [9.17, 15) is 4.79 Å². The summed E-state index contributed by atoms with van der Waals surface area (Å²) in [4.78, 5) is 13.6. The monoisotopic (exact) mass is 248 g/mol. The number of amides is 1. The number of ether oxygens (including phenoxy) is 1. The minimum atomic E-state index is -0.244. The molecule has 1 aromatic rings. The van der Waals surface area contributed by atoms with Gasteiger partial charge in [0.2, 0.25) is 0 Å². The van der Waals surface area contributed by atoms with Gasteiger partial charge in [0.15, 0.2) is 0 Å². The van der Waals surface area contributed by atoms with Gasteiger partial charge in [-0.3, -0.25) is 0 Å². The van der Waals surface area contributed by atoms with Crippen LogP contribution in [0.4, 0.5) is 4.79 Å². The van der Waals surface area contributed by atoms with Gasteiger partial charge < -0.3 is 15.4 Å². The highest BCUT2D eigenvalue weighted by Gasteiger charge is 2.34. The minimum absolute atomic E-state index is 0.0476. The third-order valence-corrected chi connectivity index (χ3v) is 3.40. The lowest BCUT2D eigenvalue weighted by Crippen LogP contribution is -2.42. The van der Waals surface area contributed by atoms with Crippen molar-refractivity contribution >= 4 is 6.09 Å². The fourth-order valence-corrected chi connectivity index (χ4v) is 2.50. The second-order valence-corrected chi connectivity index (χ2v) is 4.54. The third-order valence-electron chi connectivity index (χ3n) is 3.40. The number of benzene rings is 1. The Balaban J connectivity index is 2.09. The molecule has 1 saturated heterocycles. The van der Waals surface area contributed by atoms with Crippen LogP contribution >= 0.6 is 0 Å². The SMILES string of the molecule is CCOC(=O)N1CCC[C@H]1C(N)c1ccccc1. The van der Waals surface area contributed by atoms with Crippen molar-refractivity contribution in [1.29, 1.82) is 0 Å². The smallest absolute Gasteiger partial charge is 0.410 e. The van der Waals surface area contributed by atoms with E-state index in [4.69, 9.17) is 10.5 Å². The molecule has 4 nitrogen and oxygen atoms in total. The third kappa shape index (κ3) is 2.64. The fraction of sp³-hybridized carbons (Fsp3) is 0.500. The molecule has 2 atom stereocenters. The Kier molecular flexibility index (Phi) is 4.20. The zero-order valence-corrected chi connectivity index (χ0v) is 10.7. The second kappa shape index (κ2) is 5.87. The molecule has 0 spiro atoms. The van der Waals surface area contributed by atoms with Crippen LogP contribution in [-0.2, 0) is 4.74 Å². The molecule has 1 aliphatic heterocycles. The van der Waals surface area contributed by atoms with Crippen molar-refractivity contribution in [1.82, 2.24) is 4.90 Å². The van der Waals surface area contributed by atoms with E-state index in [1.807, 2.05) is 37.3 Å². The van der Waals surface area contributed by atoms with Crippen molar-refractivity contribution in [3.8, 4) is 0 Å². The number of nitrogens with two attached hydrogens (primary N) is 1. The Hall–Kier alpha value is -1.55. The van der Waals surface area contributed by atoms with Gasteiger partial charge in [-0.2, -0.15) is 0 Å². The van der Waals surface area contributed by atoms with Crippen molar-refractivity contribution in [2.45, 2.75) is 31.8 Å². The van der Waals surface area contributed by atoms with Gasteiger partial charge in [0.05, 0.1) is 18.7 Å². The summed E-state index contributed by atoms with van der Waals surface area (Å²) >= 11 is 0. The van der Waals surface area contributed by atoms with Crippen LogP contribution in [0.15, 0.2) is 30.3 Å². The number of likely N-dealkylation sites (tertiary alicyclic amines) is 1. The quantitative estimate of drug-likeness (QED) is 0.893. The van der Waals surface area contributed by atoms with Crippen molar-refractivity contribution < 1.29 is 9.53 Å². The van der Waals surface area contributed by atoms with Crippen LogP contribution < -0.4 is 5.73 Å². The van der Waals surface area contributed by atoms with E-state index in [2.05, 4.69) is 0 Å². The molecule has 0 saturated carbocycles. The van der Waals surface area contributed by atoms with E-state index in [0.29, 0.717) is 6.61 Å². The molecule has 1 unspecified atom stereocenters. The molecule has 0 bridgehead atoms. The second-order valence-electron chi connectivity index (χ2n) is 4.54. The van der Waals surface area contributed by atoms with Crippen LogP contribution in [0.25, 0.3) is 0 Å². The molecule has 4 heteroatoms. The summed E-state index contributed by atoms with van der Waals surface area (Å²) in [7, 11) is 0. The van der Waals surface area contributed by atoms with Crippen LogP contribution in [0.3, 0.4) is 0 Å². The predicted octanol–water partition coefficient (Wildman–Crippen LogP) is 2.31. The maximum atomic E-state index is 11.8. The molecule has 1 aliphatic rings. The molecule has 0 aromatic heterocycles. The number of rotatable bonds is 3. The Bertz CT molecular complexity index is 394. The van der Waals surface area contributed by atoms with Gasteiger partial charge >= 0.3 is 6.09 Å². The number of nitrogens with zero attached hydrogens (tertiary/aromatic N) is 1. The molecule has 1 aromatic carbocycles. The summed E-state index contributed by atoms with van der Waals surface area (Å²) in [6.45, 7) is 2.97. The maximum absolute atomic E-state index is 11.8. The van der Waals surface area contributed by atoms with E-state index in [1.165, 1.54) is 0 Å². The van der Waals surface area contributed by atoms with Crippen LogP contribution in [-0.4, -0.2) is 30.2 Å². The molecule has 1 fully saturated rings. The fourth-order valence-electron chi connectivity index (χ4n) is 2.50. The molecule has 0 aliphatic carbocycles. The summed E-state index contributed by atoms with van der Waals surface area (Å²) < 4.78 is 5.07. The van der Waals surface area contributed by atoms with Gasteiger partial charge in [0.1, 0.15) is 0 Å². The molecule has 2 rings (SSSR count). The maximum Gasteiger partial charge on any atom is 0.410 e. The summed E-state index contributed by atoms with van der Waals surface area (Å²) in [5.41, 5.74) is 7.34. The lowest BCUT2D eigenvalue weighted by atomic mass is 9.98. The summed E-state index contributed by atoms with van der Waals surface area (Å²) in [6.07, 6.45) is 1.69. The van der Waals surface area contributed by atoms with Crippen LogP contribution in [0, 0.1) is 0 Å². The first-order chi connectivity index (χ1) is 8.74. The zero-order chi connectivity index (χ0) is 13.0. The van der Waals surface area contributed by atoms with Crippen molar-refractivity contribution in [2.75, 3.05) is 13.2 Å². The number of hydrogen-bond acceptors (Lipinski definition) is 3. The van der Waals surface area contributed by atoms with E-state index in [1.54, 1.807) is 4.90 Å². The predicted molar refractivity (Wildman–Crippen MR) is 70.1 cm³/mol. The topological polar surface area (TPSA) is 55.6 Å². The average molecular weight is 248 g/mol. The molecule has 0 radical (unpaired) electrons. The molecular formula is C14H20N2O2. The Labute approximate surface area is 108 Å². The van der Waals surface area contributed by atoms with Gasteiger partial charge in [-0.25, -0.2) is 4.79 Å². The van der Waals surface area contributed by atoms with Crippen LogP contribution in [0.2, 0.25) is 0 Å². The normalized spacial score (nSPS) is 20.8. The van der Waals surface area contributed by atoms with E-state index >= 15 is 0 Å². The molecule has 1 heterocycles. The molecule has 18 heavy (non-hydrogen) atoms. The first-order valence-corrected chi connectivity index (χ1v) is 6.48. The van der Waals surface area contributed by atoms with E-state index in [-0.39, 0.29) is 18.2 Å². The lowest BCUT2D eigenvalue weighted by molar-refractivity contribution is 0.0983. The summed E-state index contributed by atoms with van der Waals surface area (Å²) in [5, 5.41) is 0. The Morgan fingerprint density at radius 3 is 2.89 bits per heavy atom. The molecular weight excluding hydrogens is 228 g/mol. The van der Waals surface area contributed by atoms with E-state index < -0.39 is 0 Å². The number of carbonyl (C=O) groups excluding carboxylic acids is 1. The minimum Gasteiger partial charge on any atom is -0.450 e. The van der Waals surface area contributed by atoms with Gasteiger partial charge in [0, 0.05) is 6.54 Å². The van der Waals surface area contributed by atoms with Crippen molar-refractivity contribution in [3.63, 3.8) is 0 Å².